The normalized spacial score (nSPS) is 10.3. The van der Waals surface area contributed by atoms with Gasteiger partial charge in [0.1, 0.15) is 10.8 Å². The van der Waals surface area contributed by atoms with Crippen molar-refractivity contribution >= 4 is 38.8 Å². The summed E-state index contributed by atoms with van der Waals surface area (Å²) in [6.07, 6.45) is 0. The van der Waals surface area contributed by atoms with E-state index in [9.17, 15) is 4.39 Å². The molecule has 5 heteroatoms. The highest BCUT2D eigenvalue weighted by molar-refractivity contribution is 9.10. The number of rotatable bonds is 4. The molecule has 2 N–H and O–H groups in total. The van der Waals surface area contributed by atoms with Crippen LogP contribution in [0.15, 0.2) is 46.9 Å². The fraction of sp³-hybridized carbons (Fsp3) is 0.133. The third kappa shape index (κ3) is 3.35. The predicted octanol–water partition coefficient (Wildman–Crippen LogP) is 3.86. The molecule has 0 fully saturated rings. The number of thiocarbonyl (C=S) groups is 1. The molecule has 2 aromatic carbocycles. The molecule has 0 aliphatic rings. The highest BCUT2D eigenvalue weighted by Crippen LogP contribution is 2.24. The molecule has 0 radical (unpaired) electrons. The summed E-state index contributed by atoms with van der Waals surface area (Å²) in [5, 5.41) is 0. The molecule has 2 aromatic rings. The number of hydrogen-bond acceptors (Lipinski definition) is 2. The molecule has 2 rings (SSSR count). The van der Waals surface area contributed by atoms with Gasteiger partial charge in [0.05, 0.1) is 5.69 Å². The lowest BCUT2D eigenvalue weighted by atomic mass is 10.1. The fourth-order valence-corrected chi connectivity index (χ4v) is 2.47. The zero-order chi connectivity index (χ0) is 14.7. The molecular weight excluding hydrogens is 339 g/mol. The van der Waals surface area contributed by atoms with Crippen LogP contribution in [0.3, 0.4) is 0 Å². The van der Waals surface area contributed by atoms with Gasteiger partial charge in [0.2, 0.25) is 0 Å². The molecule has 0 amide bonds. The van der Waals surface area contributed by atoms with Crippen molar-refractivity contribution in [3.05, 3.63) is 63.9 Å². The maximum atomic E-state index is 14.1. The monoisotopic (exact) mass is 352 g/mol. The quantitative estimate of drug-likeness (QED) is 0.847. The minimum Gasteiger partial charge on any atom is -0.389 e. The summed E-state index contributed by atoms with van der Waals surface area (Å²) in [6, 6.07) is 12.7. The lowest BCUT2D eigenvalue weighted by molar-refractivity contribution is 0.622. The SMILES string of the molecule is CN(Cc1ccccc1Br)c1ccc(C(N)=S)cc1F. The van der Waals surface area contributed by atoms with Crippen molar-refractivity contribution in [2.24, 2.45) is 5.73 Å². The van der Waals surface area contributed by atoms with E-state index in [2.05, 4.69) is 15.9 Å². The Morgan fingerprint density at radius 1 is 1.30 bits per heavy atom. The number of nitrogens with two attached hydrogens (primary N) is 1. The average Bonchev–Trinajstić information content (AvgIpc) is 2.41. The van der Waals surface area contributed by atoms with Crippen LogP contribution in [0.25, 0.3) is 0 Å². The van der Waals surface area contributed by atoms with Gasteiger partial charge in [0, 0.05) is 23.6 Å². The van der Waals surface area contributed by atoms with Gasteiger partial charge in [-0.25, -0.2) is 4.39 Å². The third-order valence-electron chi connectivity index (χ3n) is 3.01. The number of benzene rings is 2. The van der Waals surface area contributed by atoms with Crippen molar-refractivity contribution in [1.29, 1.82) is 0 Å². The van der Waals surface area contributed by atoms with Gasteiger partial charge in [-0.15, -0.1) is 0 Å². The Bertz CT molecular complexity index is 646. The van der Waals surface area contributed by atoms with Crippen LogP contribution in [0.4, 0.5) is 10.1 Å². The minimum atomic E-state index is -0.329. The first-order chi connectivity index (χ1) is 9.49. The molecule has 2 nitrogen and oxygen atoms in total. The maximum absolute atomic E-state index is 14.1. The van der Waals surface area contributed by atoms with E-state index in [0.29, 0.717) is 17.8 Å². The molecule has 0 aliphatic heterocycles. The highest BCUT2D eigenvalue weighted by Gasteiger charge is 2.11. The number of anilines is 1. The summed E-state index contributed by atoms with van der Waals surface area (Å²) in [5.74, 6) is -0.329. The van der Waals surface area contributed by atoms with Crippen molar-refractivity contribution in [3.8, 4) is 0 Å². The first-order valence-electron chi connectivity index (χ1n) is 6.03. The Morgan fingerprint density at radius 2 is 2.00 bits per heavy atom. The van der Waals surface area contributed by atoms with Gasteiger partial charge in [-0.1, -0.05) is 46.3 Å². The molecule has 0 saturated carbocycles. The van der Waals surface area contributed by atoms with Crippen molar-refractivity contribution in [2.75, 3.05) is 11.9 Å². The molecule has 0 aromatic heterocycles. The van der Waals surface area contributed by atoms with Gasteiger partial charge in [0.15, 0.2) is 0 Å². The van der Waals surface area contributed by atoms with Crippen LogP contribution in [-0.2, 0) is 6.54 Å². The van der Waals surface area contributed by atoms with Gasteiger partial charge in [-0.2, -0.15) is 0 Å². The molecule has 0 atom stereocenters. The summed E-state index contributed by atoms with van der Waals surface area (Å²) in [5.41, 5.74) is 7.64. The molecular formula is C15H14BrFN2S. The van der Waals surface area contributed by atoms with E-state index in [1.54, 1.807) is 12.1 Å². The van der Waals surface area contributed by atoms with E-state index >= 15 is 0 Å². The Balaban J connectivity index is 2.23. The predicted molar refractivity (Wildman–Crippen MR) is 88.5 cm³/mol. The number of nitrogens with zero attached hydrogens (tertiary/aromatic N) is 1. The van der Waals surface area contributed by atoms with E-state index in [-0.39, 0.29) is 10.8 Å². The van der Waals surface area contributed by atoms with Gasteiger partial charge >= 0.3 is 0 Å². The van der Waals surface area contributed by atoms with Crippen molar-refractivity contribution < 1.29 is 4.39 Å². The smallest absolute Gasteiger partial charge is 0.147 e. The summed E-state index contributed by atoms with van der Waals surface area (Å²) in [6.45, 7) is 0.602. The Labute approximate surface area is 131 Å². The second kappa shape index (κ2) is 6.33. The second-order valence-corrected chi connectivity index (χ2v) is 5.77. The van der Waals surface area contributed by atoms with Crippen LogP contribution < -0.4 is 10.6 Å². The standard InChI is InChI=1S/C15H14BrFN2S/c1-19(9-11-4-2-3-5-12(11)16)14-7-6-10(15(18)20)8-13(14)17/h2-8H,9H2,1H3,(H2,18,20). The van der Waals surface area contributed by atoms with Crippen LogP contribution in [0.2, 0.25) is 0 Å². The van der Waals surface area contributed by atoms with E-state index < -0.39 is 0 Å². The van der Waals surface area contributed by atoms with Gasteiger partial charge in [-0.05, 0) is 29.8 Å². The first-order valence-corrected chi connectivity index (χ1v) is 7.23. The van der Waals surface area contributed by atoms with Crippen molar-refractivity contribution in [3.63, 3.8) is 0 Å². The molecule has 104 valence electrons. The van der Waals surface area contributed by atoms with Gasteiger partial charge in [0.25, 0.3) is 0 Å². The average molecular weight is 353 g/mol. The zero-order valence-corrected chi connectivity index (χ0v) is 13.3. The van der Waals surface area contributed by atoms with E-state index in [1.807, 2.05) is 36.2 Å². The third-order valence-corrected chi connectivity index (χ3v) is 4.02. The largest absolute Gasteiger partial charge is 0.389 e. The Hall–Kier alpha value is -1.46. The number of hydrogen-bond donors (Lipinski definition) is 1. The van der Waals surface area contributed by atoms with Crippen LogP contribution in [-0.4, -0.2) is 12.0 Å². The molecule has 20 heavy (non-hydrogen) atoms. The van der Waals surface area contributed by atoms with Crippen molar-refractivity contribution in [2.45, 2.75) is 6.54 Å². The molecule has 0 saturated heterocycles. The molecule has 0 aliphatic carbocycles. The molecule has 0 heterocycles. The van der Waals surface area contributed by atoms with Crippen LogP contribution in [0.1, 0.15) is 11.1 Å². The van der Waals surface area contributed by atoms with Crippen molar-refractivity contribution in [1.82, 2.24) is 0 Å². The van der Waals surface area contributed by atoms with Crippen LogP contribution >= 0.6 is 28.1 Å². The van der Waals surface area contributed by atoms with Gasteiger partial charge < -0.3 is 10.6 Å². The Morgan fingerprint density at radius 3 is 2.60 bits per heavy atom. The zero-order valence-electron chi connectivity index (χ0n) is 10.9. The lowest BCUT2D eigenvalue weighted by Gasteiger charge is -2.21. The second-order valence-electron chi connectivity index (χ2n) is 4.48. The summed E-state index contributed by atoms with van der Waals surface area (Å²) >= 11 is 8.34. The van der Waals surface area contributed by atoms with E-state index in [0.717, 1.165) is 10.0 Å². The van der Waals surface area contributed by atoms with Gasteiger partial charge in [-0.3, -0.25) is 0 Å². The van der Waals surface area contributed by atoms with E-state index in [4.69, 9.17) is 18.0 Å². The molecule has 0 unspecified atom stereocenters. The maximum Gasteiger partial charge on any atom is 0.147 e. The summed E-state index contributed by atoms with van der Waals surface area (Å²) in [4.78, 5) is 2.04. The fourth-order valence-electron chi connectivity index (χ4n) is 1.94. The van der Waals surface area contributed by atoms with Crippen LogP contribution in [0, 0.1) is 5.82 Å². The molecule has 0 spiro atoms. The summed E-state index contributed by atoms with van der Waals surface area (Å²) in [7, 11) is 1.85. The topological polar surface area (TPSA) is 29.3 Å². The minimum absolute atomic E-state index is 0.198. The molecule has 0 bridgehead atoms. The lowest BCUT2D eigenvalue weighted by Crippen LogP contribution is -2.19. The highest BCUT2D eigenvalue weighted by atomic mass is 79.9. The Kier molecular flexibility index (Phi) is 4.73. The summed E-state index contributed by atoms with van der Waals surface area (Å²) < 4.78 is 15.1. The first kappa shape index (κ1) is 14.9. The van der Waals surface area contributed by atoms with E-state index in [1.165, 1.54) is 6.07 Å². The van der Waals surface area contributed by atoms with Crippen LogP contribution in [0.5, 0.6) is 0 Å². The number of halogens is 2.